The van der Waals surface area contributed by atoms with E-state index >= 15 is 0 Å². The molecule has 0 aliphatic carbocycles. The van der Waals surface area contributed by atoms with E-state index in [0.29, 0.717) is 68.7 Å². The normalized spacial score (nSPS) is 18.3. The molecule has 4 rings (SSSR count). The van der Waals surface area contributed by atoms with Crippen LogP contribution in [0.5, 0.6) is 17.2 Å². The van der Waals surface area contributed by atoms with Crippen molar-refractivity contribution in [1.82, 2.24) is 20.9 Å². The Morgan fingerprint density at radius 1 is 1.07 bits per heavy atom. The fourth-order valence-corrected chi connectivity index (χ4v) is 4.38. The van der Waals surface area contributed by atoms with Crippen molar-refractivity contribution in [2.45, 2.75) is 51.6 Å². The lowest BCUT2D eigenvalue weighted by atomic mass is 10.1. The summed E-state index contributed by atoms with van der Waals surface area (Å²) in [7, 11) is 1.45. The zero-order valence-electron chi connectivity index (χ0n) is 23.1. The fourth-order valence-electron chi connectivity index (χ4n) is 4.38. The Morgan fingerprint density at radius 2 is 1.88 bits per heavy atom. The van der Waals surface area contributed by atoms with Gasteiger partial charge in [-0.3, -0.25) is 14.4 Å². The molecule has 10 nitrogen and oxygen atoms in total. The van der Waals surface area contributed by atoms with Crippen LogP contribution in [0.1, 0.15) is 54.9 Å². The van der Waals surface area contributed by atoms with E-state index in [4.69, 9.17) is 9.47 Å². The van der Waals surface area contributed by atoms with Crippen LogP contribution in [-0.4, -0.2) is 73.7 Å². The Bertz CT molecular complexity index is 1160. The monoisotopic (exact) mass is 558 g/mol. The van der Waals surface area contributed by atoms with E-state index in [0.717, 1.165) is 0 Å². The van der Waals surface area contributed by atoms with Crippen LogP contribution >= 0.6 is 0 Å². The molecule has 218 valence electrons. The molecule has 40 heavy (non-hydrogen) atoms. The smallest absolute Gasteiger partial charge is 0.251 e. The number of halogens is 1. The van der Waals surface area contributed by atoms with Crippen LogP contribution in [0.25, 0.3) is 0 Å². The van der Waals surface area contributed by atoms with Crippen LogP contribution in [0.15, 0.2) is 36.4 Å². The number of amides is 3. The molecule has 2 aromatic rings. The first-order chi connectivity index (χ1) is 19.3. The molecule has 3 amide bonds. The number of carbonyl (C=O) groups excluding carboxylic acids is 3. The Morgan fingerprint density at radius 3 is 2.60 bits per heavy atom. The van der Waals surface area contributed by atoms with Crippen LogP contribution in [0.3, 0.4) is 0 Å². The predicted molar refractivity (Wildman–Crippen MR) is 148 cm³/mol. The van der Waals surface area contributed by atoms with E-state index in [9.17, 15) is 23.9 Å². The number of aliphatic hydroxyl groups excluding tert-OH is 1. The molecule has 2 aliphatic heterocycles. The summed E-state index contributed by atoms with van der Waals surface area (Å²) in [4.78, 5) is 40.2. The molecule has 0 saturated carbocycles. The number of ether oxygens (including phenoxy) is 2. The molecule has 0 aromatic heterocycles. The second-order valence-corrected chi connectivity index (χ2v) is 9.61. The highest BCUT2D eigenvalue weighted by molar-refractivity contribution is 5.94. The summed E-state index contributed by atoms with van der Waals surface area (Å²) in [6.07, 6.45) is 2.52. The number of fused-ring (bicyclic) bond motifs is 16. The van der Waals surface area contributed by atoms with Gasteiger partial charge >= 0.3 is 0 Å². The third kappa shape index (κ3) is 9.20. The van der Waals surface area contributed by atoms with E-state index in [1.165, 1.54) is 25.3 Å². The number of hydrogen-bond donors (Lipinski definition) is 4. The van der Waals surface area contributed by atoms with Gasteiger partial charge in [0, 0.05) is 38.2 Å². The number of rotatable bonds is 5. The first kappa shape index (κ1) is 30.8. The van der Waals surface area contributed by atoms with E-state index < -0.39 is 11.9 Å². The second kappa shape index (κ2) is 15.8. The maximum absolute atomic E-state index is 14.9. The van der Waals surface area contributed by atoms with Crippen molar-refractivity contribution >= 4 is 17.7 Å². The van der Waals surface area contributed by atoms with Gasteiger partial charge in [-0.1, -0.05) is 13.0 Å². The highest BCUT2D eigenvalue weighted by atomic mass is 19.1. The number of benzene rings is 2. The molecule has 2 heterocycles. The predicted octanol–water partition coefficient (Wildman–Crippen LogP) is 2.74. The summed E-state index contributed by atoms with van der Waals surface area (Å²) < 4.78 is 26.0. The highest BCUT2D eigenvalue weighted by Gasteiger charge is 2.20. The average molecular weight is 559 g/mol. The van der Waals surface area contributed by atoms with Gasteiger partial charge in [0.05, 0.1) is 7.11 Å². The lowest BCUT2D eigenvalue weighted by molar-refractivity contribution is -0.129. The summed E-state index contributed by atoms with van der Waals surface area (Å²) in [5.74, 6) is -1.06. The molecule has 2 aliphatic rings. The van der Waals surface area contributed by atoms with E-state index in [1.54, 1.807) is 18.2 Å². The SMILES string of the molecule is CC[C@@H]1NC(=O)CCCN(CCCO)CCCNC(=O)c2ccc(OC)c(c2)Oc2ccc(cc2F)CNC1=O. The molecule has 0 radical (unpaired) electrons. The molecule has 11 heteroatoms. The van der Waals surface area contributed by atoms with Crippen molar-refractivity contribution in [2.24, 2.45) is 0 Å². The molecular formula is C29H39FN4O6. The zero-order valence-corrected chi connectivity index (χ0v) is 23.1. The lowest BCUT2D eigenvalue weighted by Crippen LogP contribution is -2.46. The molecule has 0 saturated heterocycles. The van der Waals surface area contributed by atoms with Crippen LogP contribution in [0.4, 0.5) is 4.39 Å². The van der Waals surface area contributed by atoms with Crippen molar-refractivity contribution in [3.63, 3.8) is 0 Å². The van der Waals surface area contributed by atoms with Crippen molar-refractivity contribution in [1.29, 1.82) is 0 Å². The Balaban J connectivity index is 1.82. The molecule has 4 N–H and O–H groups in total. The topological polar surface area (TPSA) is 129 Å². The Labute approximate surface area is 234 Å². The summed E-state index contributed by atoms with van der Waals surface area (Å²) in [5, 5.41) is 17.7. The van der Waals surface area contributed by atoms with Crippen LogP contribution < -0.4 is 25.4 Å². The number of methoxy groups -OCH3 is 1. The number of aliphatic hydroxyl groups is 1. The van der Waals surface area contributed by atoms with Gasteiger partial charge < -0.3 is 35.4 Å². The van der Waals surface area contributed by atoms with Crippen LogP contribution in [0.2, 0.25) is 0 Å². The minimum Gasteiger partial charge on any atom is -0.493 e. The number of nitrogens with one attached hydrogen (secondary N) is 3. The van der Waals surface area contributed by atoms with E-state index in [2.05, 4.69) is 20.9 Å². The fraction of sp³-hybridized carbons (Fsp3) is 0.483. The van der Waals surface area contributed by atoms with Gasteiger partial charge in [-0.15, -0.1) is 0 Å². The summed E-state index contributed by atoms with van der Waals surface area (Å²) >= 11 is 0. The highest BCUT2D eigenvalue weighted by Crippen LogP contribution is 2.34. The first-order valence-corrected chi connectivity index (χ1v) is 13.7. The molecule has 0 fully saturated rings. The third-order valence-corrected chi connectivity index (χ3v) is 6.62. The van der Waals surface area contributed by atoms with Crippen molar-refractivity contribution in [3.05, 3.63) is 53.3 Å². The van der Waals surface area contributed by atoms with Crippen LogP contribution in [-0.2, 0) is 16.1 Å². The largest absolute Gasteiger partial charge is 0.493 e. The minimum absolute atomic E-state index is 0.0639. The van der Waals surface area contributed by atoms with Crippen LogP contribution in [0, 0.1) is 5.82 Å². The van der Waals surface area contributed by atoms with Gasteiger partial charge in [0.2, 0.25) is 11.8 Å². The number of carbonyl (C=O) groups is 3. The Kier molecular flexibility index (Phi) is 12.2. The standard InChI is InChI=1S/C29H39FN4O6/c1-3-23-29(38)32-19-20-8-10-24(22(30)17-20)40-26-18-21(9-11-25(26)39-2)28(37)31-12-5-14-34(15-6-16-35)13-4-7-27(36)33-23/h8-11,17-18,23,35H,3-7,12-16,19H2,1-2H3,(H,31,37)(H,32,38)(H,33,36)/t23-/m0/s1. The number of nitrogens with zero attached hydrogens (tertiary/aromatic N) is 1. The van der Waals surface area contributed by atoms with Gasteiger partial charge in [0.1, 0.15) is 6.04 Å². The molecule has 0 spiro atoms. The van der Waals surface area contributed by atoms with Crippen molar-refractivity contribution in [2.75, 3.05) is 39.9 Å². The molecule has 2 aromatic carbocycles. The van der Waals surface area contributed by atoms with Gasteiger partial charge in [0.15, 0.2) is 23.1 Å². The minimum atomic E-state index is -0.699. The van der Waals surface area contributed by atoms with Gasteiger partial charge in [-0.05, 0) is 74.7 Å². The zero-order chi connectivity index (χ0) is 28.9. The van der Waals surface area contributed by atoms with Gasteiger partial charge in [-0.25, -0.2) is 4.39 Å². The van der Waals surface area contributed by atoms with Gasteiger partial charge in [0.25, 0.3) is 5.91 Å². The Hall–Kier alpha value is -3.70. The maximum Gasteiger partial charge on any atom is 0.251 e. The van der Waals surface area contributed by atoms with Crippen molar-refractivity contribution in [3.8, 4) is 17.2 Å². The average Bonchev–Trinajstić information content (AvgIpc) is 2.95. The van der Waals surface area contributed by atoms with Gasteiger partial charge in [-0.2, -0.15) is 0 Å². The molecule has 0 unspecified atom stereocenters. The summed E-state index contributed by atoms with van der Waals surface area (Å²) in [6.45, 7) is 4.35. The summed E-state index contributed by atoms with van der Waals surface area (Å²) in [6, 6.07) is 8.32. The second-order valence-electron chi connectivity index (χ2n) is 9.61. The summed E-state index contributed by atoms with van der Waals surface area (Å²) in [5.41, 5.74) is 0.850. The lowest BCUT2D eigenvalue weighted by Gasteiger charge is -2.22. The van der Waals surface area contributed by atoms with Crippen molar-refractivity contribution < 1.29 is 33.4 Å². The third-order valence-electron chi connectivity index (χ3n) is 6.62. The first-order valence-electron chi connectivity index (χ1n) is 13.7. The molecule has 1 atom stereocenters. The molecular weight excluding hydrogens is 519 g/mol. The van der Waals surface area contributed by atoms with E-state index in [1.807, 2.05) is 6.92 Å². The number of hydrogen-bond acceptors (Lipinski definition) is 7. The maximum atomic E-state index is 14.9. The quantitative estimate of drug-likeness (QED) is 0.444. The van der Waals surface area contributed by atoms with E-state index in [-0.39, 0.29) is 48.8 Å². The molecule has 4 bridgehead atoms.